The van der Waals surface area contributed by atoms with Crippen LogP contribution in [0.1, 0.15) is 28.8 Å². The third kappa shape index (κ3) is 3.56. The Hall–Kier alpha value is -2.96. The highest BCUT2D eigenvalue weighted by Gasteiger charge is 2.35. The molecule has 3 nitrogen and oxygen atoms in total. The minimum Gasteiger partial charge on any atom is -0.325 e. The Labute approximate surface area is 158 Å². The zero-order valence-electron chi connectivity index (χ0n) is 14.7. The van der Waals surface area contributed by atoms with Crippen molar-refractivity contribution in [1.82, 2.24) is 4.57 Å². The van der Waals surface area contributed by atoms with Crippen LogP contribution in [0.3, 0.4) is 0 Å². The first-order chi connectivity index (χ1) is 13.3. The Kier molecular flexibility index (Phi) is 4.53. The summed E-state index contributed by atoms with van der Waals surface area (Å²) in [5, 5.41) is 0.958. The summed E-state index contributed by atoms with van der Waals surface area (Å²) in [5.41, 5.74) is -1.00. The molecule has 0 atom stereocenters. The molecule has 0 unspecified atom stereocenters. The van der Waals surface area contributed by atoms with Gasteiger partial charge in [0.2, 0.25) is 0 Å². The van der Waals surface area contributed by atoms with E-state index in [1.165, 1.54) is 0 Å². The first-order valence-electron chi connectivity index (χ1n) is 8.88. The van der Waals surface area contributed by atoms with Gasteiger partial charge >= 0.3 is 6.18 Å². The second-order valence-corrected chi connectivity index (χ2v) is 6.89. The van der Waals surface area contributed by atoms with Crippen molar-refractivity contribution in [3.05, 3.63) is 77.0 Å². The molecule has 1 saturated carbocycles. The number of benzene rings is 2. The molecule has 28 heavy (non-hydrogen) atoms. The molecule has 7 heteroatoms. The zero-order chi connectivity index (χ0) is 19.9. The van der Waals surface area contributed by atoms with Gasteiger partial charge in [0.05, 0.1) is 11.1 Å². The number of nitrogens with zero attached hydrogens (tertiary/aromatic N) is 2. The maximum absolute atomic E-state index is 14.3. The highest BCUT2D eigenvalue weighted by atomic mass is 19.4. The third-order valence-electron chi connectivity index (χ3n) is 4.80. The first-order valence-corrected chi connectivity index (χ1v) is 8.88. The van der Waals surface area contributed by atoms with Gasteiger partial charge in [-0.2, -0.15) is 18.2 Å². The van der Waals surface area contributed by atoms with E-state index in [1.807, 2.05) is 28.8 Å². The van der Waals surface area contributed by atoms with Gasteiger partial charge in [-0.3, -0.25) is 4.79 Å². The number of alkyl halides is 3. The van der Waals surface area contributed by atoms with Gasteiger partial charge in [0.25, 0.3) is 5.91 Å². The predicted molar refractivity (Wildman–Crippen MR) is 96.0 cm³/mol. The van der Waals surface area contributed by atoms with Gasteiger partial charge < -0.3 is 4.57 Å². The van der Waals surface area contributed by atoms with Gasteiger partial charge in [0, 0.05) is 12.1 Å². The SMILES string of the molecule is O=C(N=c1ccc2ccccc2n1CC1CC1)c1cccc(C(F)(F)F)c1F. The molecule has 1 amide bonds. The van der Waals surface area contributed by atoms with Crippen LogP contribution in [0.2, 0.25) is 0 Å². The molecule has 4 rings (SSSR count). The number of pyridine rings is 1. The summed E-state index contributed by atoms with van der Waals surface area (Å²) >= 11 is 0. The van der Waals surface area contributed by atoms with Crippen LogP contribution in [0.4, 0.5) is 17.6 Å². The van der Waals surface area contributed by atoms with Crippen molar-refractivity contribution in [2.24, 2.45) is 10.9 Å². The number of carbonyl (C=O) groups excluding carboxylic acids is 1. The highest BCUT2D eigenvalue weighted by molar-refractivity contribution is 5.95. The average molecular weight is 388 g/mol. The van der Waals surface area contributed by atoms with Crippen molar-refractivity contribution in [3.8, 4) is 0 Å². The second-order valence-electron chi connectivity index (χ2n) is 6.89. The van der Waals surface area contributed by atoms with Crippen molar-refractivity contribution in [1.29, 1.82) is 0 Å². The number of hydrogen-bond donors (Lipinski definition) is 0. The Bertz CT molecular complexity index is 1130. The molecule has 1 aliphatic rings. The molecule has 1 fully saturated rings. The third-order valence-corrected chi connectivity index (χ3v) is 4.80. The minimum absolute atomic E-state index is 0.299. The second kappa shape index (κ2) is 6.89. The topological polar surface area (TPSA) is 34.4 Å². The maximum atomic E-state index is 14.3. The van der Waals surface area contributed by atoms with Crippen LogP contribution in [0.15, 0.2) is 59.6 Å². The average Bonchev–Trinajstić information content (AvgIpc) is 3.47. The summed E-state index contributed by atoms with van der Waals surface area (Å²) < 4.78 is 54.9. The number of fused-ring (bicyclic) bond motifs is 1. The number of carbonyl (C=O) groups is 1. The van der Waals surface area contributed by atoms with Crippen molar-refractivity contribution in [2.75, 3.05) is 0 Å². The molecule has 0 N–H and O–H groups in total. The molecule has 3 aromatic rings. The van der Waals surface area contributed by atoms with Gasteiger partial charge in [0.1, 0.15) is 11.3 Å². The number of amides is 1. The van der Waals surface area contributed by atoms with Crippen LogP contribution < -0.4 is 5.49 Å². The lowest BCUT2D eigenvalue weighted by Crippen LogP contribution is -2.24. The van der Waals surface area contributed by atoms with Gasteiger partial charge in [0.15, 0.2) is 0 Å². The van der Waals surface area contributed by atoms with E-state index >= 15 is 0 Å². The number of para-hydroxylation sites is 1. The lowest BCUT2D eigenvalue weighted by molar-refractivity contribution is -0.140. The summed E-state index contributed by atoms with van der Waals surface area (Å²) in [7, 11) is 0. The number of hydrogen-bond acceptors (Lipinski definition) is 1. The number of halogens is 4. The molecule has 0 saturated heterocycles. The number of aromatic nitrogens is 1. The van der Waals surface area contributed by atoms with Crippen LogP contribution in [0.5, 0.6) is 0 Å². The lowest BCUT2D eigenvalue weighted by Gasteiger charge is -2.12. The zero-order valence-corrected chi connectivity index (χ0v) is 14.7. The van der Waals surface area contributed by atoms with E-state index in [-0.39, 0.29) is 0 Å². The number of rotatable bonds is 3. The van der Waals surface area contributed by atoms with Crippen LogP contribution in [-0.4, -0.2) is 10.5 Å². The van der Waals surface area contributed by atoms with Crippen LogP contribution in [0.25, 0.3) is 10.9 Å². The smallest absolute Gasteiger partial charge is 0.325 e. The van der Waals surface area contributed by atoms with Crippen molar-refractivity contribution in [3.63, 3.8) is 0 Å². The van der Waals surface area contributed by atoms with Crippen molar-refractivity contribution >= 4 is 16.8 Å². The largest absolute Gasteiger partial charge is 0.419 e. The molecular weight excluding hydrogens is 372 g/mol. The van der Waals surface area contributed by atoms with Gasteiger partial charge in [-0.05, 0) is 54.5 Å². The molecule has 0 spiro atoms. The Morgan fingerprint density at radius 1 is 1.04 bits per heavy atom. The van der Waals surface area contributed by atoms with E-state index in [1.54, 1.807) is 12.1 Å². The van der Waals surface area contributed by atoms with Crippen molar-refractivity contribution in [2.45, 2.75) is 25.6 Å². The molecular formula is C21H16F4N2O. The molecule has 0 radical (unpaired) electrons. The molecule has 1 aromatic heterocycles. The van der Waals surface area contributed by atoms with Crippen LogP contribution in [0, 0.1) is 11.7 Å². The fourth-order valence-electron chi connectivity index (χ4n) is 3.18. The van der Waals surface area contributed by atoms with Gasteiger partial charge in [-0.25, -0.2) is 4.39 Å². The molecule has 0 aliphatic heterocycles. The lowest BCUT2D eigenvalue weighted by atomic mass is 10.1. The fraction of sp³-hybridized carbons (Fsp3) is 0.238. The van der Waals surface area contributed by atoms with Crippen molar-refractivity contribution < 1.29 is 22.4 Å². The summed E-state index contributed by atoms with van der Waals surface area (Å²) in [6.45, 7) is 0.651. The maximum Gasteiger partial charge on any atom is 0.419 e. The fourth-order valence-corrected chi connectivity index (χ4v) is 3.18. The van der Waals surface area contributed by atoms with E-state index in [2.05, 4.69) is 4.99 Å². The summed E-state index contributed by atoms with van der Waals surface area (Å²) in [6, 6.07) is 13.6. The Morgan fingerprint density at radius 3 is 2.50 bits per heavy atom. The van der Waals surface area contributed by atoms with E-state index in [9.17, 15) is 22.4 Å². The standard InChI is InChI=1S/C21H16F4N2O/c22-19-15(5-3-6-16(19)21(23,24)25)20(28)26-18-11-10-14-4-1-2-7-17(14)27(18)12-13-8-9-13/h1-7,10-11,13H,8-9,12H2. The molecule has 0 bridgehead atoms. The summed E-state index contributed by atoms with van der Waals surface area (Å²) in [4.78, 5) is 16.5. The van der Waals surface area contributed by atoms with E-state index in [0.717, 1.165) is 35.9 Å². The monoisotopic (exact) mass is 388 g/mol. The Morgan fingerprint density at radius 2 is 1.79 bits per heavy atom. The van der Waals surface area contributed by atoms with Crippen LogP contribution in [-0.2, 0) is 12.7 Å². The Balaban J connectivity index is 1.83. The summed E-state index contributed by atoms with van der Waals surface area (Å²) in [6.07, 6.45) is -2.73. The molecule has 144 valence electrons. The van der Waals surface area contributed by atoms with Gasteiger partial charge in [-0.15, -0.1) is 0 Å². The predicted octanol–water partition coefficient (Wildman–Crippen LogP) is 4.95. The molecule has 1 aliphatic carbocycles. The normalized spacial score (nSPS) is 15.2. The van der Waals surface area contributed by atoms with E-state index in [0.29, 0.717) is 24.0 Å². The van der Waals surface area contributed by atoms with Gasteiger partial charge in [-0.1, -0.05) is 24.3 Å². The summed E-state index contributed by atoms with van der Waals surface area (Å²) in [5.74, 6) is -2.16. The quantitative estimate of drug-likeness (QED) is 0.585. The molecule has 2 aromatic carbocycles. The first kappa shape index (κ1) is 18.4. The van der Waals surface area contributed by atoms with E-state index < -0.39 is 29.0 Å². The highest BCUT2D eigenvalue weighted by Crippen LogP contribution is 2.33. The van der Waals surface area contributed by atoms with Crippen LogP contribution >= 0.6 is 0 Å². The van der Waals surface area contributed by atoms with E-state index in [4.69, 9.17) is 0 Å². The minimum atomic E-state index is -4.88. The molecule has 1 heterocycles.